The van der Waals surface area contributed by atoms with Crippen LogP contribution in [0.25, 0.3) is 60.6 Å². The van der Waals surface area contributed by atoms with Crippen LogP contribution >= 0.6 is 0 Å². The molecular weight excluding hydrogens is 815 g/mol. The second-order valence-electron chi connectivity index (χ2n) is 14.5. The average molecular weight is 849 g/mol. The van der Waals surface area contributed by atoms with Gasteiger partial charge in [-0.3, -0.25) is 0 Å². The second kappa shape index (κ2) is 15.0. The summed E-state index contributed by atoms with van der Waals surface area (Å²) in [5.74, 6) is 1.99. The van der Waals surface area contributed by atoms with Crippen molar-refractivity contribution in [2.45, 2.75) is 6.92 Å². The molecule has 0 saturated heterocycles. The van der Waals surface area contributed by atoms with Gasteiger partial charge in [-0.05, 0) is 75.4 Å². The largest absolute Gasteiger partial charge is 2.00 e. The van der Waals surface area contributed by atoms with Gasteiger partial charge in [-0.25, -0.2) is 4.98 Å². The molecule has 59 heavy (non-hydrogen) atoms. The smallest absolute Gasteiger partial charge is 0.509 e. The monoisotopic (exact) mass is 848 g/mol. The molecule has 0 saturated carbocycles. The van der Waals surface area contributed by atoms with Crippen molar-refractivity contribution >= 4 is 61.3 Å². The molecule has 6 heteroatoms. The van der Waals surface area contributed by atoms with E-state index in [1.54, 1.807) is 0 Å². The van der Waals surface area contributed by atoms with Gasteiger partial charge >= 0.3 is 32.1 Å². The maximum absolute atomic E-state index is 6.60. The Bertz CT molecular complexity index is 3240. The van der Waals surface area contributed by atoms with E-state index in [2.05, 4.69) is 190 Å². The molecule has 11 rings (SSSR count). The van der Waals surface area contributed by atoms with Crippen molar-refractivity contribution in [3.63, 3.8) is 0 Å². The third-order valence-electron chi connectivity index (χ3n) is 10.9. The molecule has 0 N–H and O–H groups in total. The van der Waals surface area contributed by atoms with Gasteiger partial charge in [-0.15, -0.1) is 23.6 Å². The fraction of sp³-hybridized carbons (Fsp3) is 0.0189. The minimum absolute atomic E-state index is 0. The minimum Gasteiger partial charge on any atom is -0.509 e. The number of hydrogen-bond acceptors (Lipinski definition) is 2. The second-order valence-corrected chi connectivity index (χ2v) is 14.5. The zero-order valence-corrected chi connectivity index (χ0v) is 33.5. The van der Waals surface area contributed by atoms with Crippen molar-refractivity contribution in [2.24, 2.45) is 0 Å². The molecule has 1 aliphatic rings. The van der Waals surface area contributed by atoms with E-state index in [0.717, 1.165) is 89.0 Å². The van der Waals surface area contributed by atoms with Gasteiger partial charge in [0.05, 0.1) is 16.5 Å². The van der Waals surface area contributed by atoms with Gasteiger partial charge in [0.2, 0.25) is 5.69 Å². The van der Waals surface area contributed by atoms with E-state index in [4.69, 9.17) is 9.72 Å². The summed E-state index contributed by atoms with van der Waals surface area (Å²) in [6.45, 7) is 2.05. The van der Waals surface area contributed by atoms with Gasteiger partial charge in [-0.1, -0.05) is 131 Å². The fourth-order valence-corrected chi connectivity index (χ4v) is 8.20. The standard InChI is InChI=1S/C53H34N4O.Pd/c1-36-26-31-51(54-34-36)57-48-25-11-10-22-46(48)47-29-28-42(33-50(47)57)58-41-20-12-19-40(32-41)55-35-56(53-45-21-9-8-18-39(45)27-30-49(53)55)52-43(37-14-4-2-5-15-37)23-13-24-44(52)38-16-6-3-7-17-38;/h2-31,34H,1H3;/q;+2. The van der Waals surface area contributed by atoms with Crippen LogP contribution in [0.2, 0.25) is 0 Å². The predicted octanol–water partition coefficient (Wildman–Crippen LogP) is 13.2. The summed E-state index contributed by atoms with van der Waals surface area (Å²) in [6.07, 6.45) is 1.90. The zero-order chi connectivity index (χ0) is 38.6. The molecule has 0 fully saturated rings. The van der Waals surface area contributed by atoms with Crippen LogP contribution in [0.4, 0.5) is 22.7 Å². The number of fused-ring (bicyclic) bond motifs is 6. The van der Waals surface area contributed by atoms with Gasteiger partial charge in [0, 0.05) is 29.3 Å². The van der Waals surface area contributed by atoms with E-state index in [1.165, 1.54) is 0 Å². The number of benzene rings is 8. The fourth-order valence-electron chi connectivity index (χ4n) is 8.20. The third kappa shape index (κ3) is 6.28. The molecule has 10 aromatic rings. The van der Waals surface area contributed by atoms with Crippen LogP contribution in [0.1, 0.15) is 5.56 Å². The maximum Gasteiger partial charge on any atom is 2.00 e. The first kappa shape index (κ1) is 36.2. The Morgan fingerprint density at radius 1 is 0.542 bits per heavy atom. The molecule has 0 bridgehead atoms. The Kier molecular flexibility index (Phi) is 9.17. The SMILES string of the molecule is Cc1ccc(-n2c3[c-]c(Oc4[c-]c([N+]5=C=[N+](c6c(-c7ccccc7)cccc6-c6ccccc6)c6c5ccc5ccccc65)ccc4)ccc3c3ccccc32)nc1.[Pd+2]. The minimum atomic E-state index is 0. The van der Waals surface area contributed by atoms with Crippen LogP contribution in [-0.4, -0.2) is 15.6 Å². The summed E-state index contributed by atoms with van der Waals surface area (Å²) >= 11 is 0. The first-order chi connectivity index (χ1) is 28.7. The number of aromatic nitrogens is 2. The summed E-state index contributed by atoms with van der Waals surface area (Å²) in [7, 11) is 0. The van der Waals surface area contributed by atoms with E-state index in [-0.39, 0.29) is 20.4 Å². The Morgan fingerprint density at radius 2 is 1.22 bits per heavy atom. The molecule has 0 atom stereocenters. The summed E-state index contributed by atoms with van der Waals surface area (Å²) < 4.78 is 13.1. The van der Waals surface area contributed by atoms with Crippen LogP contribution in [0.5, 0.6) is 11.5 Å². The zero-order valence-electron chi connectivity index (χ0n) is 31.9. The van der Waals surface area contributed by atoms with Crippen LogP contribution in [0, 0.1) is 19.1 Å². The molecule has 2 aromatic heterocycles. The van der Waals surface area contributed by atoms with Crippen LogP contribution in [0.15, 0.2) is 188 Å². The van der Waals surface area contributed by atoms with Gasteiger partial charge in [0.15, 0.2) is 0 Å². The first-order valence-corrected chi connectivity index (χ1v) is 19.4. The Labute approximate surface area is 355 Å². The van der Waals surface area contributed by atoms with Crippen molar-refractivity contribution in [3.8, 4) is 39.6 Å². The Hall–Kier alpha value is -7.19. The van der Waals surface area contributed by atoms with E-state index in [1.807, 2.05) is 37.4 Å². The maximum atomic E-state index is 6.60. The number of ether oxygens (including phenoxy) is 1. The van der Waals surface area contributed by atoms with Gasteiger partial charge in [-0.2, -0.15) is 12.1 Å². The van der Waals surface area contributed by atoms with E-state index < -0.39 is 0 Å². The molecule has 0 aliphatic carbocycles. The van der Waals surface area contributed by atoms with E-state index >= 15 is 0 Å². The molecule has 0 radical (unpaired) electrons. The van der Waals surface area contributed by atoms with Crippen molar-refractivity contribution in [3.05, 3.63) is 206 Å². The Balaban J connectivity index is 0.00000420. The van der Waals surface area contributed by atoms with Crippen molar-refractivity contribution in [2.75, 3.05) is 0 Å². The molecule has 0 amide bonds. The van der Waals surface area contributed by atoms with Gasteiger partial charge in [0.1, 0.15) is 11.5 Å². The quantitative estimate of drug-likeness (QED) is 0.0909. The predicted molar refractivity (Wildman–Crippen MR) is 237 cm³/mol. The molecule has 0 unspecified atom stereocenters. The summed E-state index contributed by atoms with van der Waals surface area (Å²) in [6, 6.07) is 74.2. The van der Waals surface area contributed by atoms with E-state index in [0.29, 0.717) is 11.5 Å². The molecule has 280 valence electrons. The number of aryl methyl sites for hydroxylation is 1. The molecular formula is C53H34N4OPd+2. The number of nitrogens with zero attached hydrogens (tertiary/aromatic N) is 4. The molecule has 5 nitrogen and oxygen atoms in total. The van der Waals surface area contributed by atoms with Gasteiger partial charge in [0.25, 0.3) is 5.69 Å². The number of pyridine rings is 1. The molecule has 1 aliphatic heterocycles. The normalized spacial score (nSPS) is 11.9. The topological polar surface area (TPSA) is 33.1 Å². The Morgan fingerprint density at radius 3 is 1.97 bits per heavy atom. The van der Waals surface area contributed by atoms with Crippen LogP contribution in [-0.2, 0) is 20.4 Å². The van der Waals surface area contributed by atoms with Crippen molar-refractivity contribution < 1.29 is 25.2 Å². The summed E-state index contributed by atoms with van der Waals surface area (Å²) in [4.78, 5) is 4.78. The summed E-state index contributed by atoms with van der Waals surface area (Å²) in [5.41, 5.74) is 11.5. The van der Waals surface area contributed by atoms with Crippen molar-refractivity contribution in [1.82, 2.24) is 18.7 Å². The average Bonchev–Trinajstić information content (AvgIpc) is 3.83. The molecule has 0 spiro atoms. The van der Waals surface area contributed by atoms with Crippen molar-refractivity contribution in [1.29, 1.82) is 0 Å². The van der Waals surface area contributed by atoms with Crippen LogP contribution in [0.3, 0.4) is 0 Å². The van der Waals surface area contributed by atoms with E-state index in [9.17, 15) is 0 Å². The van der Waals surface area contributed by atoms with Gasteiger partial charge < -0.3 is 9.30 Å². The number of para-hydroxylation sites is 2. The molecule has 8 aromatic carbocycles. The number of hydrogen-bond donors (Lipinski definition) is 0. The number of rotatable bonds is 7. The molecule has 3 heterocycles. The first-order valence-electron chi connectivity index (χ1n) is 19.4. The van der Waals surface area contributed by atoms with Crippen LogP contribution < -0.4 is 13.9 Å². The third-order valence-corrected chi connectivity index (χ3v) is 10.9. The summed E-state index contributed by atoms with van der Waals surface area (Å²) in [5, 5.41) is 4.50.